The molecule has 0 bridgehead atoms. The zero-order chi connectivity index (χ0) is 47.8. The van der Waals surface area contributed by atoms with Crippen LogP contribution in [-0.4, -0.2) is 70.8 Å². The fourth-order valence-electron chi connectivity index (χ4n) is 5.73. The highest BCUT2D eigenvalue weighted by atomic mass is 19.4. The molecule has 0 aliphatic heterocycles. The Morgan fingerprint density at radius 2 is 1.15 bits per heavy atom. The fraction of sp³-hybridized carbons (Fsp3) is 0.225. The van der Waals surface area contributed by atoms with Crippen LogP contribution in [0, 0.1) is 11.6 Å². The van der Waals surface area contributed by atoms with E-state index in [4.69, 9.17) is 19.5 Å². The Hall–Kier alpha value is -8.03. The molecule has 0 aliphatic carbocycles. The lowest BCUT2D eigenvalue weighted by Crippen LogP contribution is -2.38. The number of halogens is 8. The van der Waals surface area contributed by atoms with Crippen molar-refractivity contribution in [3.8, 4) is 22.8 Å². The van der Waals surface area contributed by atoms with Gasteiger partial charge in [0.2, 0.25) is 11.6 Å². The number of amides is 3. The van der Waals surface area contributed by atoms with Gasteiger partial charge in [-0.2, -0.15) is 46.5 Å². The third-order valence-corrected chi connectivity index (χ3v) is 8.96. The van der Waals surface area contributed by atoms with Crippen molar-refractivity contribution in [3.63, 3.8) is 0 Å². The number of nitrogens with zero attached hydrogens (tertiary/aromatic N) is 8. The molecule has 0 spiro atoms. The van der Waals surface area contributed by atoms with E-state index in [1.807, 2.05) is 0 Å². The number of aryl methyl sites for hydroxylation is 2. The summed E-state index contributed by atoms with van der Waals surface area (Å²) in [6.07, 6.45) is -10.3. The first-order valence-corrected chi connectivity index (χ1v) is 19.0. The molecule has 7 aromatic rings. The molecule has 3 aromatic carbocycles. The summed E-state index contributed by atoms with van der Waals surface area (Å²) in [6, 6.07) is 18.7. The van der Waals surface area contributed by atoms with Crippen LogP contribution in [0.3, 0.4) is 0 Å². The lowest BCUT2D eigenvalue weighted by Gasteiger charge is -2.16. The lowest BCUT2D eigenvalue weighted by molar-refractivity contribution is -0.142. The molecular formula is C40H34F8N12O6. The number of carbonyl (C=O) groups excluding carboxylic acids is 3. The van der Waals surface area contributed by atoms with Crippen LogP contribution in [0.1, 0.15) is 61.8 Å². The number of alkyl carbamates (subject to hydrolysis) is 1. The predicted octanol–water partition coefficient (Wildman–Crippen LogP) is 6.08. The zero-order valence-electron chi connectivity index (χ0n) is 34.1. The molecule has 0 saturated heterocycles. The first-order valence-electron chi connectivity index (χ1n) is 19.0. The van der Waals surface area contributed by atoms with Gasteiger partial charge in [0.1, 0.15) is 41.7 Å². The molecule has 18 nitrogen and oxygen atoms in total. The number of carbonyl (C=O) groups is 3. The highest BCUT2D eigenvalue weighted by Gasteiger charge is 2.37. The molecule has 2 unspecified atom stereocenters. The normalized spacial score (nSPS) is 12.4. The van der Waals surface area contributed by atoms with E-state index in [-0.39, 0.29) is 54.4 Å². The fourth-order valence-corrected chi connectivity index (χ4v) is 5.73. The summed E-state index contributed by atoms with van der Waals surface area (Å²) in [6.45, 7) is -0.516. The first-order chi connectivity index (χ1) is 31.3. The highest BCUT2D eigenvalue weighted by Crippen LogP contribution is 2.30. The summed E-state index contributed by atoms with van der Waals surface area (Å²) in [5.41, 5.74) is 3.79. The number of nitrogens with two attached hydrogens (primary N) is 1. The van der Waals surface area contributed by atoms with Crippen molar-refractivity contribution in [1.82, 2.24) is 55.8 Å². The summed E-state index contributed by atoms with van der Waals surface area (Å²) in [7, 11) is 2.38. The zero-order valence-corrected chi connectivity index (χ0v) is 34.1. The average Bonchev–Trinajstić information content (AvgIpc) is 4.11. The van der Waals surface area contributed by atoms with Crippen molar-refractivity contribution in [2.45, 2.75) is 31.0 Å². The van der Waals surface area contributed by atoms with Crippen molar-refractivity contribution < 1.29 is 63.3 Å². The molecule has 0 saturated carbocycles. The minimum absolute atomic E-state index is 0.00899. The molecule has 346 valence electrons. The van der Waals surface area contributed by atoms with Crippen LogP contribution in [0.5, 0.6) is 0 Å². The van der Waals surface area contributed by atoms with E-state index >= 15 is 0 Å². The van der Waals surface area contributed by atoms with Crippen LogP contribution in [-0.2, 0) is 37.8 Å². The summed E-state index contributed by atoms with van der Waals surface area (Å²) in [5, 5.41) is 21.4. The number of nitrogens with one attached hydrogen (secondary N) is 3. The Kier molecular flexibility index (Phi) is 14.5. The van der Waals surface area contributed by atoms with Gasteiger partial charge in [0.25, 0.3) is 23.6 Å². The number of aromatic nitrogens is 8. The van der Waals surface area contributed by atoms with E-state index in [0.29, 0.717) is 17.7 Å². The van der Waals surface area contributed by atoms with Gasteiger partial charge in [0.15, 0.2) is 11.4 Å². The van der Waals surface area contributed by atoms with Gasteiger partial charge in [0.05, 0.1) is 6.54 Å². The number of benzene rings is 3. The molecule has 3 amide bonds. The second kappa shape index (κ2) is 20.2. The highest BCUT2D eigenvalue weighted by molar-refractivity contribution is 5.93. The number of rotatable bonds is 13. The molecule has 66 heavy (non-hydrogen) atoms. The number of ether oxygens (including phenoxy) is 1. The molecule has 4 aromatic heterocycles. The molecular weight excluding hydrogens is 897 g/mol. The van der Waals surface area contributed by atoms with Crippen molar-refractivity contribution in [2.24, 2.45) is 19.8 Å². The van der Waals surface area contributed by atoms with Gasteiger partial charge in [-0.05, 0) is 29.8 Å². The Labute approximate surface area is 366 Å². The van der Waals surface area contributed by atoms with Crippen molar-refractivity contribution >= 4 is 17.9 Å². The van der Waals surface area contributed by atoms with Crippen LogP contribution < -0.4 is 21.7 Å². The summed E-state index contributed by atoms with van der Waals surface area (Å²) in [4.78, 5) is 45.6. The van der Waals surface area contributed by atoms with Crippen LogP contribution in [0.15, 0.2) is 100 Å². The molecule has 5 N–H and O–H groups in total. The Morgan fingerprint density at radius 1 is 0.682 bits per heavy atom. The van der Waals surface area contributed by atoms with Gasteiger partial charge in [-0.3, -0.25) is 19.0 Å². The summed E-state index contributed by atoms with van der Waals surface area (Å²) >= 11 is 0. The van der Waals surface area contributed by atoms with Crippen molar-refractivity contribution in [1.29, 1.82) is 0 Å². The maximum atomic E-state index is 13.6. The first kappa shape index (κ1) is 47.4. The van der Waals surface area contributed by atoms with E-state index in [0.717, 1.165) is 21.0 Å². The molecule has 0 radical (unpaired) electrons. The van der Waals surface area contributed by atoms with Gasteiger partial charge in [-0.15, -0.1) is 0 Å². The van der Waals surface area contributed by atoms with Gasteiger partial charge in [-0.25, -0.2) is 13.6 Å². The Balaban J connectivity index is 0.000000229. The minimum atomic E-state index is -4.76. The lowest BCUT2D eigenvalue weighted by atomic mass is 10.2. The number of hydrogen-bond donors (Lipinski definition) is 4. The standard InChI is InChI=1S/C24H20F4N6O4.C16H14F4N6O2/c1-34-18(11-19(32-34)24(26,27)28)21(35)30-17(12-29-23(36)37-13-14-6-3-2-4-7-14)22-31-20(33-38-22)15-8-5-9-16(25)10-15;1-26-11(6-12(24-26)16(18,19)20)14(27)22-10(7-21)15-23-13(25-28-15)8-3-2-4-9(17)5-8/h2-11,17H,12-13H2,1H3,(H,29,36)(H,30,35);2-6,10H,7,21H2,1H3,(H,22,27). The van der Waals surface area contributed by atoms with Crippen LogP contribution in [0.2, 0.25) is 0 Å². The van der Waals surface area contributed by atoms with E-state index in [9.17, 15) is 49.5 Å². The molecule has 7 rings (SSSR count). The van der Waals surface area contributed by atoms with Gasteiger partial charge in [0, 0.05) is 43.9 Å². The van der Waals surface area contributed by atoms with E-state index in [2.05, 4.69) is 46.4 Å². The van der Waals surface area contributed by atoms with Gasteiger partial charge >= 0.3 is 18.4 Å². The molecule has 2 atom stereocenters. The largest absolute Gasteiger partial charge is 0.445 e. The number of alkyl halides is 6. The maximum Gasteiger partial charge on any atom is 0.435 e. The SMILES string of the molecule is Cn1nc(C(F)(F)F)cc1C(=O)NC(CN)c1nc(-c2cccc(F)c2)no1.Cn1nc(C(F)(F)F)cc1C(=O)NC(CNC(=O)OCc1ccccc1)c1nc(-c2cccc(F)c2)no1. The predicted molar refractivity (Wildman–Crippen MR) is 210 cm³/mol. The quantitative estimate of drug-likeness (QED) is 0.0961. The third-order valence-electron chi connectivity index (χ3n) is 8.96. The second-order valence-corrected chi connectivity index (χ2v) is 13.7. The topological polar surface area (TPSA) is 236 Å². The van der Waals surface area contributed by atoms with Crippen molar-refractivity contribution in [2.75, 3.05) is 13.1 Å². The molecule has 4 heterocycles. The summed E-state index contributed by atoms with van der Waals surface area (Å²) in [5.74, 6) is -3.06. The summed E-state index contributed by atoms with van der Waals surface area (Å²) < 4.78 is 121. The maximum absolute atomic E-state index is 13.6. The average molecular weight is 931 g/mol. The smallest absolute Gasteiger partial charge is 0.435 e. The second-order valence-electron chi connectivity index (χ2n) is 13.7. The molecule has 0 aliphatic rings. The van der Waals surface area contributed by atoms with Gasteiger partial charge < -0.3 is 35.5 Å². The number of hydrogen-bond acceptors (Lipinski definition) is 13. The van der Waals surface area contributed by atoms with Crippen LogP contribution in [0.25, 0.3) is 22.8 Å². The monoisotopic (exact) mass is 930 g/mol. The van der Waals surface area contributed by atoms with E-state index < -0.39 is 71.1 Å². The van der Waals surface area contributed by atoms with Crippen LogP contribution >= 0.6 is 0 Å². The minimum Gasteiger partial charge on any atom is -0.445 e. The Bertz CT molecular complexity index is 2790. The van der Waals surface area contributed by atoms with Crippen molar-refractivity contribution in [3.05, 3.63) is 143 Å². The van der Waals surface area contributed by atoms with Crippen LogP contribution in [0.4, 0.5) is 39.9 Å². The van der Waals surface area contributed by atoms with Gasteiger partial charge in [-0.1, -0.05) is 64.9 Å². The van der Waals surface area contributed by atoms with E-state index in [1.165, 1.54) is 50.5 Å². The molecule has 0 fully saturated rings. The third kappa shape index (κ3) is 12.2. The van der Waals surface area contributed by atoms with E-state index in [1.54, 1.807) is 36.4 Å². The Morgan fingerprint density at radius 3 is 1.59 bits per heavy atom. The molecule has 26 heteroatoms.